The molecule has 2 rings (SSSR count). The summed E-state index contributed by atoms with van der Waals surface area (Å²) in [7, 11) is 1.39. The van der Waals surface area contributed by atoms with Crippen LogP contribution in [0.2, 0.25) is 0 Å². The number of benzene rings is 1. The average molecular weight is 411 g/mol. The van der Waals surface area contributed by atoms with Gasteiger partial charge < -0.3 is 15.4 Å². The first-order valence-corrected chi connectivity index (χ1v) is 11.4. The molecule has 7 nitrogen and oxygen atoms in total. The van der Waals surface area contributed by atoms with Crippen LogP contribution in [0, 0.1) is 0 Å². The molecule has 8 heteroatoms. The van der Waals surface area contributed by atoms with Gasteiger partial charge in [0.15, 0.2) is 5.96 Å². The molecule has 0 spiro atoms. The van der Waals surface area contributed by atoms with Crippen LogP contribution >= 0.6 is 0 Å². The second kappa shape index (κ2) is 11.4. The fourth-order valence-corrected chi connectivity index (χ4v) is 4.10. The maximum Gasteiger partial charge on any atom is 0.242 e. The highest BCUT2D eigenvalue weighted by molar-refractivity contribution is 7.89. The first kappa shape index (κ1) is 22.6. The van der Waals surface area contributed by atoms with Gasteiger partial charge in [0.25, 0.3) is 0 Å². The van der Waals surface area contributed by atoms with E-state index in [-0.39, 0.29) is 0 Å². The SMILES string of the molecule is CN=C(NCCOC1CCCCCC1)NCc1ccc(S(=O)(=O)N(C)C)cc1. The predicted octanol–water partition coefficient (Wildman–Crippen LogP) is 2.34. The molecule has 0 bridgehead atoms. The standard InChI is InChI=1S/C20H34N4O3S/c1-21-20(22-14-15-27-18-8-6-4-5-7-9-18)23-16-17-10-12-19(13-11-17)28(25,26)24(2)3/h10-13,18H,4-9,14-16H2,1-3H3,(H2,21,22,23). The number of nitrogens with zero attached hydrogens (tertiary/aromatic N) is 2. The van der Waals surface area contributed by atoms with E-state index >= 15 is 0 Å². The van der Waals surface area contributed by atoms with Crippen molar-refractivity contribution < 1.29 is 13.2 Å². The van der Waals surface area contributed by atoms with Crippen LogP contribution in [0.1, 0.15) is 44.1 Å². The van der Waals surface area contributed by atoms with Gasteiger partial charge in [0.05, 0.1) is 17.6 Å². The van der Waals surface area contributed by atoms with Crippen molar-refractivity contribution in [1.82, 2.24) is 14.9 Å². The number of guanidine groups is 1. The Kier molecular flexibility index (Phi) is 9.21. The molecule has 28 heavy (non-hydrogen) atoms. The quantitative estimate of drug-likeness (QED) is 0.297. The van der Waals surface area contributed by atoms with E-state index in [1.165, 1.54) is 56.9 Å². The molecule has 0 amide bonds. The van der Waals surface area contributed by atoms with Gasteiger partial charge in [-0.15, -0.1) is 0 Å². The fraction of sp³-hybridized carbons (Fsp3) is 0.650. The third kappa shape index (κ3) is 7.07. The van der Waals surface area contributed by atoms with Gasteiger partial charge in [-0.1, -0.05) is 37.8 Å². The average Bonchev–Trinajstić information content (AvgIpc) is 2.96. The summed E-state index contributed by atoms with van der Waals surface area (Å²) >= 11 is 0. The number of hydrogen-bond acceptors (Lipinski definition) is 4. The smallest absolute Gasteiger partial charge is 0.242 e. The van der Waals surface area contributed by atoms with E-state index in [0.717, 1.165) is 5.56 Å². The maximum atomic E-state index is 12.1. The summed E-state index contributed by atoms with van der Waals surface area (Å²) in [5, 5.41) is 6.50. The van der Waals surface area contributed by atoms with Gasteiger partial charge >= 0.3 is 0 Å². The van der Waals surface area contributed by atoms with E-state index in [1.807, 2.05) is 12.1 Å². The molecule has 0 aliphatic heterocycles. The molecule has 158 valence electrons. The molecule has 0 unspecified atom stereocenters. The molecule has 0 aromatic heterocycles. The summed E-state index contributed by atoms with van der Waals surface area (Å²) in [6.45, 7) is 1.93. The van der Waals surface area contributed by atoms with Gasteiger partial charge in [-0.05, 0) is 30.5 Å². The van der Waals surface area contributed by atoms with Gasteiger partial charge in [0, 0.05) is 34.2 Å². The van der Waals surface area contributed by atoms with E-state index in [9.17, 15) is 8.42 Å². The summed E-state index contributed by atoms with van der Waals surface area (Å²) in [4.78, 5) is 4.51. The molecule has 0 radical (unpaired) electrons. The van der Waals surface area contributed by atoms with Crippen LogP contribution in [0.25, 0.3) is 0 Å². The topological polar surface area (TPSA) is 83.0 Å². The van der Waals surface area contributed by atoms with E-state index in [1.54, 1.807) is 19.2 Å². The molecular weight excluding hydrogens is 376 g/mol. The number of nitrogens with one attached hydrogen (secondary N) is 2. The summed E-state index contributed by atoms with van der Waals surface area (Å²) in [6, 6.07) is 6.88. The Morgan fingerprint density at radius 2 is 1.75 bits per heavy atom. The molecule has 1 aliphatic carbocycles. The lowest BCUT2D eigenvalue weighted by molar-refractivity contribution is 0.0468. The van der Waals surface area contributed by atoms with Crippen molar-refractivity contribution in [3.05, 3.63) is 29.8 Å². The van der Waals surface area contributed by atoms with Crippen molar-refractivity contribution in [3.8, 4) is 0 Å². The van der Waals surface area contributed by atoms with Crippen LogP contribution in [-0.4, -0.2) is 59.1 Å². The fourth-order valence-electron chi connectivity index (χ4n) is 3.20. The summed E-state index contributed by atoms with van der Waals surface area (Å²) in [5.74, 6) is 0.703. The first-order chi connectivity index (χ1) is 13.4. The lowest BCUT2D eigenvalue weighted by atomic mass is 10.1. The molecule has 0 atom stereocenters. The van der Waals surface area contributed by atoms with Crippen molar-refractivity contribution in [2.24, 2.45) is 4.99 Å². The van der Waals surface area contributed by atoms with Crippen LogP contribution in [0.4, 0.5) is 0 Å². The van der Waals surface area contributed by atoms with Gasteiger partial charge in [-0.25, -0.2) is 12.7 Å². The number of aliphatic imine (C=N–C) groups is 1. The van der Waals surface area contributed by atoms with Gasteiger partial charge in [0.2, 0.25) is 10.0 Å². The van der Waals surface area contributed by atoms with Crippen LogP contribution in [0.5, 0.6) is 0 Å². The Morgan fingerprint density at radius 1 is 1.11 bits per heavy atom. The van der Waals surface area contributed by atoms with Crippen molar-refractivity contribution in [3.63, 3.8) is 0 Å². The van der Waals surface area contributed by atoms with Gasteiger partial charge in [0.1, 0.15) is 0 Å². The molecule has 0 heterocycles. The number of rotatable bonds is 8. The molecular formula is C20H34N4O3S. The molecule has 1 saturated carbocycles. The largest absolute Gasteiger partial charge is 0.376 e. The maximum absolute atomic E-state index is 12.1. The Bertz CT molecular complexity index is 709. The Balaban J connectivity index is 1.73. The second-order valence-electron chi connectivity index (χ2n) is 7.27. The minimum atomic E-state index is -3.39. The van der Waals surface area contributed by atoms with Gasteiger partial charge in [-0.3, -0.25) is 4.99 Å². The van der Waals surface area contributed by atoms with Crippen molar-refractivity contribution in [1.29, 1.82) is 0 Å². The van der Waals surface area contributed by atoms with Crippen LogP contribution in [0.3, 0.4) is 0 Å². The Hall–Kier alpha value is -1.64. The van der Waals surface area contributed by atoms with Gasteiger partial charge in [-0.2, -0.15) is 0 Å². The predicted molar refractivity (Wildman–Crippen MR) is 113 cm³/mol. The zero-order chi connectivity index (χ0) is 20.4. The highest BCUT2D eigenvalue weighted by Gasteiger charge is 2.16. The summed E-state index contributed by atoms with van der Waals surface area (Å²) in [5.41, 5.74) is 0.982. The lowest BCUT2D eigenvalue weighted by Gasteiger charge is -2.17. The molecule has 1 fully saturated rings. The van der Waals surface area contributed by atoms with Crippen molar-refractivity contribution >= 4 is 16.0 Å². The normalized spacial score (nSPS) is 16.8. The minimum Gasteiger partial charge on any atom is -0.376 e. The van der Waals surface area contributed by atoms with E-state index < -0.39 is 10.0 Å². The van der Waals surface area contributed by atoms with E-state index in [4.69, 9.17) is 4.74 Å². The first-order valence-electron chi connectivity index (χ1n) is 10.0. The molecule has 2 N–H and O–H groups in total. The number of hydrogen-bond donors (Lipinski definition) is 2. The third-order valence-electron chi connectivity index (χ3n) is 4.94. The Labute approximate surface area is 169 Å². The minimum absolute atomic E-state index is 0.291. The van der Waals surface area contributed by atoms with E-state index in [0.29, 0.717) is 36.7 Å². The van der Waals surface area contributed by atoms with Crippen LogP contribution in [-0.2, 0) is 21.3 Å². The van der Waals surface area contributed by atoms with Crippen molar-refractivity contribution in [2.75, 3.05) is 34.3 Å². The molecule has 1 aliphatic rings. The number of ether oxygens (including phenoxy) is 1. The second-order valence-corrected chi connectivity index (χ2v) is 9.42. The Morgan fingerprint density at radius 3 is 2.32 bits per heavy atom. The summed E-state index contributed by atoms with van der Waals surface area (Å²) in [6.07, 6.45) is 7.95. The monoisotopic (exact) mass is 410 g/mol. The van der Waals surface area contributed by atoms with Crippen molar-refractivity contribution in [2.45, 2.75) is 56.1 Å². The molecule has 1 aromatic carbocycles. The lowest BCUT2D eigenvalue weighted by Crippen LogP contribution is -2.38. The van der Waals surface area contributed by atoms with Crippen LogP contribution in [0.15, 0.2) is 34.2 Å². The van der Waals surface area contributed by atoms with E-state index in [2.05, 4.69) is 15.6 Å². The molecule has 0 saturated heterocycles. The summed E-state index contributed by atoms with van der Waals surface area (Å²) < 4.78 is 31.4. The zero-order valence-corrected chi connectivity index (χ0v) is 18.1. The molecule has 1 aromatic rings. The zero-order valence-electron chi connectivity index (χ0n) is 17.3. The highest BCUT2D eigenvalue weighted by atomic mass is 32.2. The number of sulfonamides is 1. The highest BCUT2D eigenvalue weighted by Crippen LogP contribution is 2.19. The van der Waals surface area contributed by atoms with Crippen LogP contribution < -0.4 is 10.6 Å². The third-order valence-corrected chi connectivity index (χ3v) is 6.77.